The van der Waals surface area contributed by atoms with Gasteiger partial charge in [-0.15, -0.1) is 0 Å². The number of carbonyl (C=O) groups excluding carboxylic acids is 2. The van der Waals surface area contributed by atoms with Crippen molar-refractivity contribution in [3.8, 4) is 0 Å². The molecule has 0 aliphatic rings. The Labute approximate surface area is 94.7 Å². The monoisotopic (exact) mass is 218 g/mol. The predicted molar refractivity (Wildman–Crippen MR) is 62.1 cm³/mol. The molecule has 0 aromatic heterocycles. The Kier molecular flexibility index (Phi) is 4.45. The summed E-state index contributed by atoms with van der Waals surface area (Å²) in [5.74, 6) is -0.714. The molecule has 84 valence electrons. The first-order chi connectivity index (χ1) is 7.67. The van der Waals surface area contributed by atoms with Gasteiger partial charge in [0, 0.05) is 5.56 Å². The van der Waals surface area contributed by atoms with Gasteiger partial charge in [0.2, 0.25) is 0 Å². The average Bonchev–Trinajstić information content (AvgIpc) is 2.29. The minimum Gasteiger partial charge on any atom is -0.466 e. The average molecular weight is 218 g/mol. The fourth-order valence-electron chi connectivity index (χ4n) is 1.25. The molecule has 1 aromatic rings. The molecular formula is C13H14O3. The van der Waals surface area contributed by atoms with Crippen LogP contribution in [0.2, 0.25) is 0 Å². The first kappa shape index (κ1) is 12.2. The highest BCUT2D eigenvalue weighted by Crippen LogP contribution is 2.08. The lowest BCUT2D eigenvalue weighted by molar-refractivity contribution is -0.141. The van der Waals surface area contributed by atoms with Gasteiger partial charge >= 0.3 is 5.97 Å². The zero-order chi connectivity index (χ0) is 12.0. The molecule has 0 heterocycles. The third-order valence-corrected chi connectivity index (χ3v) is 2.08. The van der Waals surface area contributed by atoms with Crippen molar-refractivity contribution in [3.63, 3.8) is 0 Å². The first-order valence-corrected chi connectivity index (χ1v) is 5.08. The highest BCUT2D eigenvalue weighted by molar-refractivity contribution is 6.05. The molecule has 0 bridgehead atoms. The summed E-state index contributed by atoms with van der Waals surface area (Å²) in [6, 6.07) is 6.92. The Hall–Kier alpha value is -1.90. The summed E-state index contributed by atoms with van der Waals surface area (Å²) in [5.41, 5.74) is 1.45. The molecular weight excluding hydrogens is 204 g/mol. The maximum atomic E-state index is 11.6. The summed E-state index contributed by atoms with van der Waals surface area (Å²) in [6.07, 6.45) is 1.49. The summed E-state index contributed by atoms with van der Waals surface area (Å²) >= 11 is 0. The topological polar surface area (TPSA) is 43.4 Å². The summed E-state index contributed by atoms with van der Waals surface area (Å²) in [4.78, 5) is 22.7. The normalized spacial score (nSPS) is 9.56. The smallest absolute Gasteiger partial charge is 0.313 e. The second kappa shape index (κ2) is 5.85. The number of hydrogen-bond donors (Lipinski definition) is 0. The van der Waals surface area contributed by atoms with Crippen LogP contribution in [0.25, 0.3) is 6.08 Å². The molecule has 0 atom stereocenters. The molecule has 1 rings (SSSR count). The van der Waals surface area contributed by atoms with E-state index in [1.165, 1.54) is 0 Å². The number of benzene rings is 1. The predicted octanol–water partition coefficient (Wildman–Crippen LogP) is 2.47. The number of esters is 1. The van der Waals surface area contributed by atoms with Crippen LogP contribution in [0.15, 0.2) is 30.8 Å². The maximum Gasteiger partial charge on any atom is 0.313 e. The van der Waals surface area contributed by atoms with Gasteiger partial charge in [-0.05, 0) is 12.5 Å². The Morgan fingerprint density at radius 1 is 1.31 bits per heavy atom. The quantitative estimate of drug-likeness (QED) is 0.433. The van der Waals surface area contributed by atoms with Crippen molar-refractivity contribution in [2.75, 3.05) is 6.61 Å². The van der Waals surface area contributed by atoms with Crippen molar-refractivity contribution in [1.29, 1.82) is 0 Å². The molecule has 1 aromatic carbocycles. The number of rotatable bonds is 5. The molecule has 0 aliphatic heterocycles. The molecule has 0 saturated carbocycles. The highest BCUT2D eigenvalue weighted by atomic mass is 16.5. The second-order valence-corrected chi connectivity index (χ2v) is 3.23. The van der Waals surface area contributed by atoms with E-state index in [1.807, 2.05) is 0 Å². The van der Waals surface area contributed by atoms with Gasteiger partial charge in [0.25, 0.3) is 0 Å². The summed E-state index contributed by atoms with van der Waals surface area (Å²) < 4.78 is 4.70. The number of ketones is 1. The van der Waals surface area contributed by atoms with Crippen LogP contribution in [-0.4, -0.2) is 18.4 Å². The van der Waals surface area contributed by atoms with Crippen molar-refractivity contribution in [1.82, 2.24) is 0 Å². The van der Waals surface area contributed by atoms with Gasteiger partial charge < -0.3 is 4.74 Å². The van der Waals surface area contributed by atoms with Crippen LogP contribution in [0.5, 0.6) is 0 Å². The van der Waals surface area contributed by atoms with Gasteiger partial charge in [-0.3, -0.25) is 9.59 Å². The van der Waals surface area contributed by atoms with Crippen molar-refractivity contribution < 1.29 is 14.3 Å². The number of hydrogen-bond acceptors (Lipinski definition) is 3. The van der Waals surface area contributed by atoms with Crippen molar-refractivity contribution >= 4 is 17.8 Å². The van der Waals surface area contributed by atoms with Crippen LogP contribution in [0.1, 0.15) is 29.3 Å². The van der Waals surface area contributed by atoms with Gasteiger partial charge in [-0.2, -0.15) is 0 Å². The standard InChI is InChI=1S/C13H14O3/c1-3-10-5-7-11(8-6-10)12(14)9-13(15)16-4-2/h3,5-8H,1,4,9H2,2H3. The first-order valence-electron chi connectivity index (χ1n) is 5.08. The van der Waals surface area contributed by atoms with Gasteiger partial charge in [-0.25, -0.2) is 0 Å². The number of Topliss-reactive ketones (excluding diaryl/α,β-unsaturated/α-hetero) is 1. The van der Waals surface area contributed by atoms with Crippen LogP contribution in [0.4, 0.5) is 0 Å². The Balaban J connectivity index is 2.65. The molecule has 0 spiro atoms. The SMILES string of the molecule is C=Cc1ccc(C(=O)CC(=O)OCC)cc1. The molecule has 0 fully saturated rings. The molecule has 0 aliphatic carbocycles. The Morgan fingerprint density at radius 3 is 2.44 bits per heavy atom. The zero-order valence-corrected chi connectivity index (χ0v) is 9.23. The lowest BCUT2D eigenvalue weighted by Crippen LogP contribution is -2.11. The summed E-state index contributed by atoms with van der Waals surface area (Å²) in [7, 11) is 0. The Morgan fingerprint density at radius 2 is 1.94 bits per heavy atom. The van der Waals surface area contributed by atoms with E-state index in [0.29, 0.717) is 12.2 Å². The van der Waals surface area contributed by atoms with Crippen LogP contribution in [0, 0.1) is 0 Å². The summed E-state index contributed by atoms with van der Waals surface area (Å²) in [6.45, 7) is 5.62. The molecule has 16 heavy (non-hydrogen) atoms. The maximum absolute atomic E-state index is 11.6. The molecule has 0 N–H and O–H groups in total. The fourth-order valence-corrected chi connectivity index (χ4v) is 1.25. The van der Waals surface area contributed by atoms with Gasteiger partial charge in [0.05, 0.1) is 6.61 Å². The van der Waals surface area contributed by atoms with Crippen LogP contribution >= 0.6 is 0 Å². The van der Waals surface area contributed by atoms with Crippen molar-refractivity contribution in [2.24, 2.45) is 0 Å². The largest absolute Gasteiger partial charge is 0.466 e. The van der Waals surface area contributed by atoms with Crippen LogP contribution in [-0.2, 0) is 9.53 Å². The lowest BCUT2D eigenvalue weighted by atomic mass is 10.1. The molecule has 3 nitrogen and oxygen atoms in total. The van der Waals surface area contributed by atoms with E-state index in [2.05, 4.69) is 6.58 Å². The minimum atomic E-state index is -0.486. The van der Waals surface area contributed by atoms with E-state index in [1.54, 1.807) is 37.3 Å². The minimum absolute atomic E-state index is 0.207. The number of ether oxygens (including phenoxy) is 1. The molecule has 0 radical (unpaired) electrons. The summed E-state index contributed by atoms with van der Waals surface area (Å²) in [5, 5.41) is 0. The third-order valence-electron chi connectivity index (χ3n) is 2.08. The molecule has 0 unspecified atom stereocenters. The Bertz CT molecular complexity index is 390. The van der Waals surface area contributed by atoms with E-state index in [4.69, 9.17) is 4.74 Å². The molecule has 3 heteroatoms. The van der Waals surface area contributed by atoms with Crippen LogP contribution < -0.4 is 0 Å². The lowest BCUT2D eigenvalue weighted by Gasteiger charge is -2.02. The highest BCUT2D eigenvalue weighted by Gasteiger charge is 2.11. The third kappa shape index (κ3) is 3.35. The van der Waals surface area contributed by atoms with Gasteiger partial charge in [0.15, 0.2) is 5.78 Å². The van der Waals surface area contributed by atoms with Crippen molar-refractivity contribution in [3.05, 3.63) is 42.0 Å². The van der Waals surface area contributed by atoms with E-state index < -0.39 is 5.97 Å². The fraction of sp³-hybridized carbons (Fsp3) is 0.231. The van der Waals surface area contributed by atoms with E-state index in [-0.39, 0.29) is 12.2 Å². The van der Waals surface area contributed by atoms with Gasteiger partial charge in [0.1, 0.15) is 6.42 Å². The van der Waals surface area contributed by atoms with E-state index >= 15 is 0 Å². The van der Waals surface area contributed by atoms with Crippen LogP contribution in [0.3, 0.4) is 0 Å². The van der Waals surface area contributed by atoms with Gasteiger partial charge in [-0.1, -0.05) is 36.9 Å². The van der Waals surface area contributed by atoms with E-state index in [9.17, 15) is 9.59 Å². The molecule has 0 saturated heterocycles. The number of carbonyl (C=O) groups is 2. The molecule has 0 amide bonds. The van der Waals surface area contributed by atoms with Crippen molar-refractivity contribution in [2.45, 2.75) is 13.3 Å². The van der Waals surface area contributed by atoms with E-state index in [0.717, 1.165) is 5.56 Å². The zero-order valence-electron chi connectivity index (χ0n) is 9.23. The second-order valence-electron chi connectivity index (χ2n) is 3.23.